The van der Waals surface area contributed by atoms with E-state index in [2.05, 4.69) is 16.3 Å². The summed E-state index contributed by atoms with van der Waals surface area (Å²) in [7, 11) is 3.27. The molecule has 0 saturated carbocycles. The first kappa shape index (κ1) is 26.4. The Morgan fingerprint density at radius 1 is 1.05 bits per heavy atom. The fourth-order valence-corrected chi connectivity index (χ4v) is 5.26. The van der Waals surface area contributed by atoms with Crippen LogP contribution < -0.4 is 25.2 Å². The number of aryl methyl sites for hydroxylation is 2. The molecule has 3 heterocycles. The lowest BCUT2D eigenvalue weighted by Crippen LogP contribution is -2.35. The number of amides is 1. The summed E-state index contributed by atoms with van der Waals surface area (Å²) >= 11 is 0. The van der Waals surface area contributed by atoms with E-state index in [-0.39, 0.29) is 0 Å². The zero-order valence-corrected chi connectivity index (χ0v) is 22.7. The lowest BCUT2D eigenvalue weighted by molar-refractivity contribution is 0.0706. The average Bonchev–Trinajstić information content (AvgIpc) is 3.32. The van der Waals surface area contributed by atoms with Crippen molar-refractivity contribution in [3.05, 3.63) is 65.6 Å². The third kappa shape index (κ3) is 5.49. The van der Waals surface area contributed by atoms with Gasteiger partial charge in [0.1, 0.15) is 11.5 Å². The molecule has 9 nitrogen and oxygen atoms in total. The highest BCUT2D eigenvalue weighted by Gasteiger charge is 2.21. The van der Waals surface area contributed by atoms with E-state index < -0.39 is 5.91 Å². The van der Waals surface area contributed by atoms with Gasteiger partial charge in [0.25, 0.3) is 5.91 Å². The van der Waals surface area contributed by atoms with Crippen molar-refractivity contribution in [3.63, 3.8) is 0 Å². The maximum Gasteiger partial charge on any atom is 0.274 e. The molecule has 9 heteroatoms. The van der Waals surface area contributed by atoms with Crippen molar-refractivity contribution in [1.82, 2.24) is 10.5 Å². The summed E-state index contributed by atoms with van der Waals surface area (Å²) in [5.41, 5.74) is 6.81. The molecule has 4 aromatic rings. The molecule has 1 aliphatic heterocycles. The fourth-order valence-electron chi connectivity index (χ4n) is 5.26. The number of anilines is 2. The lowest BCUT2D eigenvalue weighted by atomic mass is 9.96. The van der Waals surface area contributed by atoms with Crippen LogP contribution >= 0.6 is 0 Å². The van der Waals surface area contributed by atoms with Crippen LogP contribution in [0.2, 0.25) is 0 Å². The van der Waals surface area contributed by atoms with Crippen LogP contribution in [0.1, 0.15) is 34.7 Å². The first-order valence-corrected chi connectivity index (χ1v) is 13.1. The molecule has 1 amide bonds. The smallest absolute Gasteiger partial charge is 0.274 e. The van der Waals surface area contributed by atoms with Crippen molar-refractivity contribution in [2.75, 3.05) is 44.1 Å². The second-order valence-electron chi connectivity index (χ2n) is 9.91. The zero-order chi connectivity index (χ0) is 27.5. The van der Waals surface area contributed by atoms with Crippen LogP contribution in [0.3, 0.4) is 0 Å². The topological polar surface area (TPSA) is 109 Å². The van der Waals surface area contributed by atoms with Gasteiger partial charge >= 0.3 is 0 Å². The number of carbonyl (C=O) groups is 1. The van der Waals surface area contributed by atoms with Gasteiger partial charge in [0.2, 0.25) is 0 Å². The van der Waals surface area contributed by atoms with Crippen molar-refractivity contribution < 1.29 is 23.9 Å². The van der Waals surface area contributed by atoms with Crippen LogP contribution in [0.4, 0.5) is 11.4 Å². The third-order valence-electron chi connectivity index (χ3n) is 7.42. The number of hydrogen-bond acceptors (Lipinski definition) is 8. The summed E-state index contributed by atoms with van der Waals surface area (Å²) in [6, 6.07) is 15.3. The molecule has 0 spiro atoms. The summed E-state index contributed by atoms with van der Waals surface area (Å²) in [5.74, 6) is 2.98. The quantitative estimate of drug-likeness (QED) is 0.200. The van der Waals surface area contributed by atoms with Crippen molar-refractivity contribution >= 4 is 28.2 Å². The number of hydroxylamine groups is 1. The minimum Gasteiger partial charge on any atom is -0.493 e. The van der Waals surface area contributed by atoms with Gasteiger partial charge in [-0.2, -0.15) is 0 Å². The van der Waals surface area contributed by atoms with E-state index in [1.54, 1.807) is 31.8 Å². The number of pyridine rings is 1. The summed E-state index contributed by atoms with van der Waals surface area (Å²) in [5, 5.41) is 13.5. The Bertz CT molecular complexity index is 1470. The number of carbonyl (C=O) groups excluding carboxylic acids is 1. The van der Waals surface area contributed by atoms with E-state index >= 15 is 0 Å². The molecule has 2 aromatic heterocycles. The van der Waals surface area contributed by atoms with Gasteiger partial charge in [0.05, 0.1) is 25.4 Å². The number of piperidine rings is 1. The molecule has 1 fully saturated rings. The highest BCUT2D eigenvalue weighted by Crippen LogP contribution is 2.38. The number of fused-ring (bicyclic) bond motifs is 1. The Balaban J connectivity index is 1.34. The largest absolute Gasteiger partial charge is 0.493 e. The Kier molecular flexibility index (Phi) is 7.60. The van der Waals surface area contributed by atoms with E-state index in [9.17, 15) is 4.79 Å². The van der Waals surface area contributed by atoms with Gasteiger partial charge < -0.3 is 24.1 Å². The molecule has 204 valence electrons. The number of methoxy groups -OCH3 is 2. The second kappa shape index (κ2) is 11.2. The summed E-state index contributed by atoms with van der Waals surface area (Å²) in [6.45, 7) is 6.59. The summed E-state index contributed by atoms with van der Waals surface area (Å²) < 4.78 is 16.9. The molecule has 1 aliphatic rings. The minimum absolute atomic E-state index is 0.430. The molecule has 0 aliphatic carbocycles. The van der Waals surface area contributed by atoms with Gasteiger partial charge in [-0.15, -0.1) is 0 Å². The van der Waals surface area contributed by atoms with Gasteiger partial charge in [0.15, 0.2) is 11.5 Å². The molecule has 0 atom stereocenters. The maximum absolute atomic E-state index is 11.6. The summed E-state index contributed by atoms with van der Waals surface area (Å²) in [6.07, 6.45) is 2.08. The molecule has 5 rings (SSSR count). The Hall–Kier alpha value is -4.24. The molecule has 0 bridgehead atoms. The standard InChI is InChI=1S/C30H34N4O5/c1-18-13-23(19(2)39-18)26-15-25(24-14-28(37-3)29(38-4)16-27(24)32-26)31-17-20-9-11-34(12-10-20)22-7-5-21(6-8-22)30(35)33-36/h5-8,13-16,20,36H,9-12,17H2,1-4H3,(H,31,32)(H,33,35). The summed E-state index contributed by atoms with van der Waals surface area (Å²) in [4.78, 5) is 18.9. The molecule has 39 heavy (non-hydrogen) atoms. The number of rotatable bonds is 8. The molecule has 0 unspecified atom stereocenters. The normalized spacial score (nSPS) is 13.9. The average molecular weight is 531 g/mol. The fraction of sp³-hybridized carbons (Fsp3) is 0.333. The number of nitrogens with one attached hydrogen (secondary N) is 2. The first-order chi connectivity index (χ1) is 18.9. The zero-order valence-electron chi connectivity index (χ0n) is 22.7. The van der Waals surface area contributed by atoms with E-state index in [1.165, 1.54) is 0 Å². The predicted octanol–water partition coefficient (Wildman–Crippen LogP) is 5.58. The van der Waals surface area contributed by atoms with Crippen LogP contribution in [-0.4, -0.2) is 50.0 Å². The van der Waals surface area contributed by atoms with Crippen molar-refractivity contribution in [3.8, 4) is 22.8 Å². The van der Waals surface area contributed by atoms with E-state index in [4.69, 9.17) is 24.1 Å². The lowest BCUT2D eigenvalue weighted by Gasteiger charge is -2.34. The highest BCUT2D eigenvalue weighted by atomic mass is 16.5. The number of aromatic nitrogens is 1. The highest BCUT2D eigenvalue weighted by molar-refractivity contribution is 5.96. The van der Waals surface area contributed by atoms with E-state index in [0.29, 0.717) is 23.0 Å². The van der Waals surface area contributed by atoms with Gasteiger partial charge in [-0.1, -0.05) is 0 Å². The van der Waals surface area contributed by atoms with Crippen molar-refractivity contribution in [2.24, 2.45) is 5.92 Å². The maximum atomic E-state index is 11.6. The number of hydrogen-bond donors (Lipinski definition) is 3. The monoisotopic (exact) mass is 530 g/mol. The number of furan rings is 1. The number of benzene rings is 2. The molecule has 0 radical (unpaired) electrons. The molecule has 3 N–H and O–H groups in total. The van der Waals surface area contributed by atoms with Crippen LogP contribution in [0.25, 0.3) is 22.2 Å². The van der Waals surface area contributed by atoms with Crippen LogP contribution in [0.5, 0.6) is 11.5 Å². The van der Waals surface area contributed by atoms with Gasteiger partial charge in [-0.25, -0.2) is 10.5 Å². The molecular formula is C30H34N4O5. The third-order valence-corrected chi connectivity index (χ3v) is 7.42. The van der Waals surface area contributed by atoms with Crippen LogP contribution in [0.15, 0.2) is 52.9 Å². The SMILES string of the molecule is COc1cc2nc(-c3cc(C)oc3C)cc(NCC3CCN(c4ccc(C(=O)NO)cc4)CC3)c2cc1OC. The van der Waals surface area contributed by atoms with Crippen LogP contribution in [-0.2, 0) is 0 Å². The first-order valence-electron chi connectivity index (χ1n) is 13.1. The van der Waals surface area contributed by atoms with Crippen molar-refractivity contribution in [1.29, 1.82) is 0 Å². The Morgan fingerprint density at radius 3 is 2.36 bits per heavy atom. The van der Waals surface area contributed by atoms with Crippen LogP contribution in [0, 0.1) is 19.8 Å². The van der Waals surface area contributed by atoms with Gasteiger partial charge in [-0.3, -0.25) is 10.0 Å². The second-order valence-corrected chi connectivity index (χ2v) is 9.91. The number of ether oxygens (including phenoxy) is 2. The molecule has 1 saturated heterocycles. The minimum atomic E-state index is -0.507. The molecular weight excluding hydrogens is 496 g/mol. The van der Waals surface area contributed by atoms with E-state index in [0.717, 1.165) is 77.5 Å². The molecule has 2 aromatic carbocycles. The number of nitrogens with zero attached hydrogens (tertiary/aromatic N) is 2. The van der Waals surface area contributed by atoms with Crippen molar-refractivity contribution in [2.45, 2.75) is 26.7 Å². The van der Waals surface area contributed by atoms with E-state index in [1.807, 2.05) is 44.2 Å². The Morgan fingerprint density at radius 2 is 1.74 bits per heavy atom. The predicted molar refractivity (Wildman–Crippen MR) is 151 cm³/mol. The van der Waals surface area contributed by atoms with Gasteiger partial charge in [-0.05, 0) is 75.1 Å². The Labute approximate surface area is 227 Å². The van der Waals surface area contributed by atoms with Gasteiger partial charge in [0, 0.05) is 53.6 Å².